The van der Waals surface area contributed by atoms with Crippen LogP contribution in [0.1, 0.15) is 29.2 Å². The summed E-state index contributed by atoms with van der Waals surface area (Å²) in [5, 5.41) is 15.9. The number of aryl methyl sites for hydroxylation is 4. The van der Waals surface area contributed by atoms with Crippen LogP contribution in [0.3, 0.4) is 0 Å². The number of carbonyl (C=O) groups is 2. The Bertz CT molecular complexity index is 3990. The zero-order valence-corrected chi connectivity index (χ0v) is 39.7. The number of hydrogen-bond acceptors (Lipinski definition) is 6. The van der Waals surface area contributed by atoms with Crippen molar-refractivity contribution in [2.75, 3.05) is 0 Å². The normalized spacial score (nSPS) is 11.4. The number of hydrogen-bond donors (Lipinski definition) is 0. The number of thiophene rings is 2. The van der Waals surface area contributed by atoms with Crippen molar-refractivity contribution in [1.82, 2.24) is 0 Å². The molecule has 0 aliphatic rings. The Balaban J connectivity index is 0.000000151. The number of esters is 2. The van der Waals surface area contributed by atoms with Crippen LogP contribution >= 0.6 is 22.7 Å². The van der Waals surface area contributed by atoms with E-state index in [0.29, 0.717) is 17.1 Å². The number of benzene rings is 10. The monoisotopic (exact) mass is 930 g/mol. The molecule has 0 radical (unpaired) electrons. The van der Waals surface area contributed by atoms with Gasteiger partial charge < -0.3 is 9.47 Å². The first-order valence-electron chi connectivity index (χ1n) is 23.2. The van der Waals surface area contributed by atoms with Crippen LogP contribution < -0.4 is 9.47 Å². The first kappa shape index (κ1) is 43.7. The van der Waals surface area contributed by atoms with E-state index in [-0.39, 0.29) is 0 Å². The van der Waals surface area contributed by atoms with Gasteiger partial charge in [0.15, 0.2) is 0 Å². The topological polar surface area (TPSA) is 52.6 Å². The van der Waals surface area contributed by atoms with E-state index in [9.17, 15) is 9.59 Å². The third-order valence-corrected chi connectivity index (χ3v) is 15.5. The lowest BCUT2D eigenvalue weighted by atomic mass is 9.95. The van der Waals surface area contributed by atoms with Gasteiger partial charge >= 0.3 is 11.9 Å². The van der Waals surface area contributed by atoms with E-state index in [1.807, 2.05) is 71.2 Å². The molecule has 0 aliphatic carbocycles. The summed E-state index contributed by atoms with van der Waals surface area (Å²) in [6, 6.07) is 64.1. The minimum Gasteiger partial charge on any atom is -0.423 e. The number of rotatable bonds is 10. The van der Waals surface area contributed by atoms with Gasteiger partial charge in [-0.3, -0.25) is 0 Å². The highest BCUT2D eigenvalue weighted by Gasteiger charge is 2.18. The van der Waals surface area contributed by atoms with Crippen LogP contribution in [0.5, 0.6) is 11.5 Å². The molecular weight excluding hydrogens is 885 g/mol. The third kappa shape index (κ3) is 8.54. The Hall–Kier alpha value is -7.90. The first-order valence-corrected chi connectivity index (χ1v) is 24.8. The van der Waals surface area contributed by atoms with Crippen LogP contribution in [0, 0.1) is 0 Å². The van der Waals surface area contributed by atoms with E-state index >= 15 is 0 Å². The largest absolute Gasteiger partial charge is 0.423 e. The van der Waals surface area contributed by atoms with E-state index in [2.05, 4.69) is 147 Å². The molecule has 0 bridgehead atoms. The Morgan fingerprint density at radius 1 is 0.464 bits per heavy atom. The zero-order valence-electron chi connectivity index (χ0n) is 38.1. The molecule has 10 aromatic carbocycles. The number of fused-ring (bicyclic) bond motifs is 14. The molecule has 0 N–H and O–H groups in total. The lowest BCUT2D eigenvalue weighted by Crippen LogP contribution is -2.08. The van der Waals surface area contributed by atoms with Gasteiger partial charge in [0, 0.05) is 52.0 Å². The smallest absolute Gasteiger partial charge is 0.338 e. The van der Waals surface area contributed by atoms with Crippen molar-refractivity contribution in [2.45, 2.75) is 32.6 Å². The molecule has 2 heterocycles. The molecule has 6 heteroatoms. The van der Waals surface area contributed by atoms with Gasteiger partial charge in [0.1, 0.15) is 11.5 Å². The number of carbonyl (C=O) groups excluding carboxylic acids is 2. The zero-order chi connectivity index (χ0) is 47.0. The van der Waals surface area contributed by atoms with Crippen molar-refractivity contribution in [3.05, 3.63) is 229 Å². The van der Waals surface area contributed by atoms with E-state index in [0.717, 1.165) is 25.7 Å². The van der Waals surface area contributed by atoms with E-state index in [1.165, 1.54) is 112 Å². The summed E-state index contributed by atoms with van der Waals surface area (Å²) in [7, 11) is 0. The summed E-state index contributed by atoms with van der Waals surface area (Å²) in [5.74, 6) is 0.251. The minimum atomic E-state index is -0.441. The van der Waals surface area contributed by atoms with Gasteiger partial charge in [-0.05, 0) is 146 Å². The summed E-state index contributed by atoms with van der Waals surface area (Å²) < 4.78 is 16.0. The van der Waals surface area contributed by atoms with Gasteiger partial charge in [-0.15, -0.1) is 22.7 Å². The molecule has 0 atom stereocenters. The molecule has 2 aromatic heterocycles. The number of ether oxygens (including phenoxy) is 2. The van der Waals surface area contributed by atoms with Crippen molar-refractivity contribution in [3.8, 4) is 11.5 Å². The van der Waals surface area contributed by atoms with Gasteiger partial charge in [-0.2, -0.15) is 0 Å². The molecule has 0 spiro atoms. The lowest BCUT2D eigenvalue weighted by Gasteiger charge is -2.09. The first-order chi connectivity index (χ1) is 33.8. The second-order valence-electron chi connectivity index (χ2n) is 17.5. The summed E-state index contributed by atoms with van der Waals surface area (Å²) in [6.45, 7) is 8.73. The van der Waals surface area contributed by atoms with Crippen molar-refractivity contribution in [3.63, 3.8) is 0 Å². The standard InChI is InChI=1S/C32H24O2S.C31H22O2S/c1-20(2)32(33)34-25-16-12-21(13-17-25)11-14-24-19-23-8-4-6-10-27(23)30-29-26-9-5-3-7-22(26)15-18-28(29)35-31(24)30;1-2-28(32)33-24-16-12-20(13-17-24)11-14-23-19-22-8-4-6-10-26(22)30-29-25-9-5-3-7-21(25)15-18-27(29)34-31(23)30/h3-10,12-13,15-19H,1,11,14H2,2H3;2-10,12-13,15-19H,1,11,14H2. The Labute approximate surface area is 408 Å². The molecule has 12 rings (SSSR count). The van der Waals surface area contributed by atoms with Crippen LogP contribution in [-0.4, -0.2) is 11.9 Å². The van der Waals surface area contributed by atoms with Crippen molar-refractivity contribution in [2.24, 2.45) is 0 Å². The molecule has 12 aromatic rings. The van der Waals surface area contributed by atoms with Crippen LogP contribution in [0.15, 0.2) is 207 Å². The quantitative estimate of drug-likeness (QED) is 0.0779. The molecule has 0 saturated carbocycles. The van der Waals surface area contributed by atoms with E-state index in [4.69, 9.17) is 9.47 Å². The summed E-state index contributed by atoms with van der Waals surface area (Å²) in [6.07, 6.45) is 4.89. The van der Waals surface area contributed by atoms with Gasteiger partial charge in [0.05, 0.1) is 0 Å². The van der Waals surface area contributed by atoms with E-state index in [1.54, 1.807) is 6.92 Å². The molecule has 0 amide bonds. The maximum atomic E-state index is 11.8. The van der Waals surface area contributed by atoms with Gasteiger partial charge in [-0.1, -0.05) is 147 Å². The third-order valence-electron chi connectivity index (χ3n) is 13.0. The molecule has 69 heavy (non-hydrogen) atoms. The summed E-state index contributed by atoms with van der Waals surface area (Å²) in [4.78, 5) is 23.2. The van der Waals surface area contributed by atoms with Crippen molar-refractivity contribution >= 4 is 118 Å². The fraction of sp³-hybridized carbons (Fsp3) is 0.0794. The SMILES string of the molecule is C=C(C)C(=O)Oc1ccc(CCc2cc3ccccc3c3c2sc2ccc4ccccc4c23)cc1.C=CC(=O)Oc1ccc(CCc2cc3ccccc3c3c2sc2ccc4ccccc4c23)cc1. The molecule has 0 saturated heterocycles. The van der Waals surface area contributed by atoms with Crippen molar-refractivity contribution in [1.29, 1.82) is 0 Å². The second kappa shape index (κ2) is 18.6. The summed E-state index contributed by atoms with van der Waals surface area (Å²) in [5.41, 5.74) is 5.58. The van der Waals surface area contributed by atoms with Gasteiger partial charge in [0.25, 0.3) is 0 Å². The fourth-order valence-corrected chi connectivity index (χ4v) is 12.2. The lowest BCUT2D eigenvalue weighted by molar-refractivity contribution is -0.130. The van der Waals surface area contributed by atoms with E-state index < -0.39 is 11.9 Å². The maximum absolute atomic E-state index is 11.8. The van der Waals surface area contributed by atoms with Crippen LogP contribution in [-0.2, 0) is 35.3 Å². The average Bonchev–Trinajstić information content (AvgIpc) is 3.99. The Morgan fingerprint density at radius 3 is 1.28 bits per heavy atom. The molecule has 0 fully saturated rings. The highest BCUT2D eigenvalue weighted by Crippen LogP contribution is 2.45. The second-order valence-corrected chi connectivity index (χ2v) is 19.6. The summed E-state index contributed by atoms with van der Waals surface area (Å²) >= 11 is 3.80. The Morgan fingerprint density at radius 2 is 0.855 bits per heavy atom. The van der Waals surface area contributed by atoms with Crippen LogP contribution in [0.25, 0.3) is 83.4 Å². The van der Waals surface area contributed by atoms with Crippen LogP contribution in [0.2, 0.25) is 0 Å². The maximum Gasteiger partial charge on any atom is 0.338 e. The highest BCUT2D eigenvalue weighted by molar-refractivity contribution is 7.26. The highest BCUT2D eigenvalue weighted by atomic mass is 32.1. The van der Waals surface area contributed by atoms with Crippen molar-refractivity contribution < 1.29 is 19.1 Å². The predicted octanol–water partition coefficient (Wildman–Crippen LogP) is 16.9. The molecule has 4 nitrogen and oxygen atoms in total. The fourth-order valence-electron chi connectivity index (χ4n) is 9.64. The predicted molar refractivity (Wildman–Crippen MR) is 293 cm³/mol. The Kier molecular flexibility index (Phi) is 11.8. The van der Waals surface area contributed by atoms with Gasteiger partial charge in [-0.25, -0.2) is 9.59 Å². The molecular formula is C63H46O4S2. The average molecular weight is 931 g/mol. The van der Waals surface area contributed by atoms with Crippen LogP contribution in [0.4, 0.5) is 0 Å². The minimum absolute atomic E-state index is 0.394. The molecule has 334 valence electrons. The molecule has 0 aliphatic heterocycles. The van der Waals surface area contributed by atoms with Gasteiger partial charge in [0.2, 0.25) is 0 Å². The molecule has 0 unspecified atom stereocenters.